The topological polar surface area (TPSA) is 46.2 Å². The number of amides is 1. The van der Waals surface area contributed by atoms with Crippen molar-refractivity contribution in [1.82, 2.24) is 0 Å². The fraction of sp³-hybridized carbons (Fsp3) is 0.176. The third-order valence-electron chi connectivity index (χ3n) is 3.15. The molecule has 0 aliphatic heterocycles. The van der Waals surface area contributed by atoms with Gasteiger partial charge in [-0.3, -0.25) is 9.59 Å². The van der Waals surface area contributed by atoms with Crippen molar-refractivity contribution in [2.24, 2.45) is 0 Å². The fourth-order valence-corrected chi connectivity index (χ4v) is 1.94. The van der Waals surface area contributed by atoms with Gasteiger partial charge in [0.1, 0.15) is 5.82 Å². The zero-order valence-corrected chi connectivity index (χ0v) is 11.7. The molecule has 1 amide bonds. The van der Waals surface area contributed by atoms with Gasteiger partial charge in [-0.05, 0) is 24.6 Å². The number of carbonyl (C=O) groups excluding carboxylic acids is 2. The lowest BCUT2D eigenvalue weighted by molar-refractivity contribution is -0.116. The standard InChI is InChI=1S/C17H16FNO2/c1-12-7-8-14(18)11-15(12)19-17(21)10-9-16(20)13-5-3-2-4-6-13/h2-8,11H,9-10H2,1H3,(H,19,21). The highest BCUT2D eigenvalue weighted by atomic mass is 19.1. The Balaban J connectivity index is 1.91. The average Bonchev–Trinajstić information content (AvgIpc) is 2.49. The number of carbonyl (C=O) groups is 2. The second kappa shape index (κ2) is 6.79. The number of hydrogen-bond acceptors (Lipinski definition) is 2. The number of nitrogens with one attached hydrogen (secondary N) is 1. The number of benzene rings is 2. The molecule has 0 atom stereocenters. The van der Waals surface area contributed by atoms with E-state index in [9.17, 15) is 14.0 Å². The summed E-state index contributed by atoms with van der Waals surface area (Å²) >= 11 is 0. The molecule has 108 valence electrons. The van der Waals surface area contributed by atoms with Crippen molar-refractivity contribution in [1.29, 1.82) is 0 Å². The van der Waals surface area contributed by atoms with Crippen LogP contribution in [0.15, 0.2) is 48.5 Å². The summed E-state index contributed by atoms with van der Waals surface area (Å²) in [5.41, 5.74) is 1.80. The summed E-state index contributed by atoms with van der Waals surface area (Å²) in [6, 6.07) is 13.0. The first-order chi connectivity index (χ1) is 10.1. The molecule has 0 radical (unpaired) electrons. The normalized spacial score (nSPS) is 10.2. The Morgan fingerprint density at radius 2 is 1.76 bits per heavy atom. The number of halogens is 1. The van der Waals surface area contributed by atoms with Crippen LogP contribution in [0.4, 0.5) is 10.1 Å². The number of aryl methyl sites for hydroxylation is 1. The summed E-state index contributed by atoms with van der Waals surface area (Å²) in [7, 11) is 0. The van der Waals surface area contributed by atoms with Crippen molar-refractivity contribution in [3.05, 3.63) is 65.5 Å². The smallest absolute Gasteiger partial charge is 0.224 e. The van der Waals surface area contributed by atoms with E-state index in [-0.39, 0.29) is 24.5 Å². The van der Waals surface area contributed by atoms with Crippen molar-refractivity contribution in [3.8, 4) is 0 Å². The second-order valence-corrected chi connectivity index (χ2v) is 4.80. The molecule has 2 aromatic rings. The molecule has 3 nitrogen and oxygen atoms in total. The first-order valence-electron chi connectivity index (χ1n) is 6.70. The van der Waals surface area contributed by atoms with Gasteiger partial charge >= 0.3 is 0 Å². The quantitative estimate of drug-likeness (QED) is 0.851. The lowest BCUT2D eigenvalue weighted by Gasteiger charge is -2.08. The van der Waals surface area contributed by atoms with Crippen molar-refractivity contribution in [3.63, 3.8) is 0 Å². The van der Waals surface area contributed by atoms with Crippen molar-refractivity contribution in [2.45, 2.75) is 19.8 Å². The molecule has 2 rings (SSSR count). The van der Waals surface area contributed by atoms with Gasteiger partial charge in [0.15, 0.2) is 5.78 Å². The Labute approximate surface area is 122 Å². The van der Waals surface area contributed by atoms with E-state index >= 15 is 0 Å². The van der Waals surface area contributed by atoms with Gasteiger partial charge < -0.3 is 5.32 Å². The fourth-order valence-electron chi connectivity index (χ4n) is 1.94. The van der Waals surface area contributed by atoms with Gasteiger partial charge in [0.05, 0.1) is 0 Å². The van der Waals surface area contributed by atoms with Crippen LogP contribution in [0.25, 0.3) is 0 Å². The molecule has 0 unspecified atom stereocenters. The SMILES string of the molecule is Cc1ccc(F)cc1NC(=O)CCC(=O)c1ccccc1. The van der Waals surface area contributed by atoms with E-state index < -0.39 is 5.82 Å². The Kier molecular flexibility index (Phi) is 4.82. The molecule has 0 aromatic heterocycles. The van der Waals surface area contributed by atoms with Gasteiger partial charge in [-0.25, -0.2) is 4.39 Å². The molecule has 0 saturated carbocycles. The van der Waals surface area contributed by atoms with Gasteiger partial charge in [-0.2, -0.15) is 0 Å². The molecular formula is C17H16FNO2. The number of Topliss-reactive ketones (excluding diaryl/α,β-unsaturated/α-hetero) is 1. The first-order valence-corrected chi connectivity index (χ1v) is 6.70. The molecule has 0 aliphatic carbocycles. The maximum atomic E-state index is 13.1. The minimum absolute atomic E-state index is 0.0731. The molecule has 2 aromatic carbocycles. The van der Waals surface area contributed by atoms with Crippen LogP contribution in [-0.2, 0) is 4.79 Å². The lowest BCUT2D eigenvalue weighted by Crippen LogP contribution is -2.14. The second-order valence-electron chi connectivity index (χ2n) is 4.80. The number of anilines is 1. The summed E-state index contributed by atoms with van der Waals surface area (Å²) in [5, 5.41) is 2.63. The highest BCUT2D eigenvalue weighted by Gasteiger charge is 2.10. The predicted octanol–water partition coefficient (Wildman–Crippen LogP) is 3.74. The number of ketones is 1. The van der Waals surface area contributed by atoms with E-state index in [1.807, 2.05) is 6.07 Å². The van der Waals surface area contributed by atoms with E-state index in [1.165, 1.54) is 12.1 Å². The van der Waals surface area contributed by atoms with Crippen LogP contribution in [-0.4, -0.2) is 11.7 Å². The minimum atomic E-state index is -0.406. The average molecular weight is 285 g/mol. The highest BCUT2D eigenvalue weighted by molar-refractivity contribution is 6.00. The summed E-state index contributed by atoms with van der Waals surface area (Å²) in [4.78, 5) is 23.7. The Hall–Kier alpha value is -2.49. The molecular weight excluding hydrogens is 269 g/mol. The minimum Gasteiger partial charge on any atom is -0.326 e. The van der Waals surface area contributed by atoms with E-state index in [4.69, 9.17) is 0 Å². The first kappa shape index (κ1) is 14.9. The number of rotatable bonds is 5. The number of hydrogen-bond donors (Lipinski definition) is 1. The van der Waals surface area contributed by atoms with Gasteiger partial charge in [0.2, 0.25) is 5.91 Å². The molecule has 0 heterocycles. The zero-order chi connectivity index (χ0) is 15.2. The predicted molar refractivity (Wildman–Crippen MR) is 79.8 cm³/mol. The van der Waals surface area contributed by atoms with E-state index in [2.05, 4.69) is 5.32 Å². The van der Waals surface area contributed by atoms with Crippen LogP contribution >= 0.6 is 0 Å². The molecule has 1 N–H and O–H groups in total. The summed E-state index contributed by atoms with van der Waals surface area (Å²) < 4.78 is 13.1. The van der Waals surface area contributed by atoms with Gasteiger partial charge in [-0.15, -0.1) is 0 Å². The molecule has 0 bridgehead atoms. The van der Waals surface area contributed by atoms with Gasteiger partial charge in [-0.1, -0.05) is 36.4 Å². The van der Waals surface area contributed by atoms with Crippen molar-refractivity contribution < 1.29 is 14.0 Å². The Bertz CT molecular complexity index is 653. The maximum absolute atomic E-state index is 13.1. The van der Waals surface area contributed by atoms with Gasteiger partial charge in [0, 0.05) is 24.1 Å². The van der Waals surface area contributed by atoms with Crippen LogP contribution in [0.2, 0.25) is 0 Å². The highest BCUT2D eigenvalue weighted by Crippen LogP contribution is 2.16. The molecule has 21 heavy (non-hydrogen) atoms. The Morgan fingerprint density at radius 1 is 1.05 bits per heavy atom. The van der Waals surface area contributed by atoms with Crippen LogP contribution < -0.4 is 5.32 Å². The summed E-state index contributed by atoms with van der Waals surface area (Å²) in [6.45, 7) is 1.78. The van der Waals surface area contributed by atoms with Crippen molar-refractivity contribution >= 4 is 17.4 Å². The zero-order valence-electron chi connectivity index (χ0n) is 11.7. The molecule has 4 heteroatoms. The van der Waals surface area contributed by atoms with Crippen LogP contribution in [0, 0.1) is 12.7 Å². The third-order valence-corrected chi connectivity index (χ3v) is 3.15. The van der Waals surface area contributed by atoms with E-state index in [0.29, 0.717) is 11.3 Å². The van der Waals surface area contributed by atoms with E-state index in [0.717, 1.165) is 5.56 Å². The third kappa shape index (κ3) is 4.24. The van der Waals surface area contributed by atoms with Crippen LogP contribution in [0.5, 0.6) is 0 Å². The molecule has 0 saturated heterocycles. The summed E-state index contributed by atoms with van der Waals surface area (Å²) in [6.07, 6.45) is 0.202. The lowest BCUT2D eigenvalue weighted by atomic mass is 10.1. The maximum Gasteiger partial charge on any atom is 0.224 e. The summed E-state index contributed by atoms with van der Waals surface area (Å²) in [5.74, 6) is -0.786. The monoisotopic (exact) mass is 285 g/mol. The van der Waals surface area contributed by atoms with Crippen molar-refractivity contribution in [2.75, 3.05) is 5.32 Å². The molecule has 0 aliphatic rings. The van der Waals surface area contributed by atoms with Crippen LogP contribution in [0.1, 0.15) is 28.8 Å². The van der Waals surface area contributed by atoms with Gasteiger partial charge in [0.25, 0.3) is 0 Å². The molecule has 0 spiro atoms. The Morgan fingerprint density at radius 3 is 2.48 bits per heavy atom. The van der Waals surface area contributed by atoms with Crippen LogP contribution in [0.3, 0.4) is 0 Å². The molecule has 0 fully saturated rings. The van der Waals surface area contributed by atoms with E-state index in [1.54, 1.807) is 37.3 Å². The largest absolute Gasteiger partial charge is 0.326 e.